The van der Waals surface area contributed by atoms with Gasteiger partial charge in [0.1, 0.15) is 11.4 Å². The SMILES string of the molecule is CN1CC2(CCC2)Oc2cc(C(C)(C)C)cc(Br)c21. The number of anilines is 1. The Morgan fingerprint density at radius 2 is 1.95 bits per heavy atom. The molecule has 3 heteroatoms. The van der Waals surface area contributed by atoms with Gasteiger partial charge in [0.25, 0.3) is 0 Å². The highest BCUT2D eigenvalue weighted by Gasteiger charge is 2.44. The van der Waals surface area contributed by atoms with E-state index in [0.717, 1.165) is 16.8 Å². The first-order valence-corrected chi connectivity index (χ1v) is 7.84. The molecule has 1 aliphatic heterocycles. The minimum absolute atomic E-state index is 0.0810. The Balaban J connectivity index is 2.07. The van der Waals surface area contributed by atoms with Crippen LogP contribution in [0, 0.1) is 0 Å². The van der Waals surface area contributed by atoms with Crippen LogP contribution in [0.4, 0.5) is 5.69 Å². The van der Waals surface area contributed by atoms with Crippen LogP contribution in [-0.2, 0) is 5.41 Å². The van der Waals surface area contributed by atoms with E-state index < -0.39 is 0 Å². The van der Waals surface area contributed by atoms with E-state index in [1.165, 1.54) is 30.5 Å². The first-order valence-electron chi connectivity index (χ1n) is 7.05. The predicted octanol–water partition coefficient (Wildman–Crippen LogP) is 4.50. The molecule has 0 saturated heterocycles. The van der Waals surface area contributed by atoms with Gasteiger partial charge in [-0.1, -0.05) is 20.8 Å². The second kappa shape index (κ2) is 4.15. The molecule has 0 unspecified atom stereocenters. The number of rotatable bonds is 0. The number of likely N-dealkylation sites (N-methyl/N-ethyl adjacent to an activating group) is 1. The van der Waals surface area contributed by atoms with Gasteiger partial charge < -0.3 is 9.64 Å². The third-order valence-electron chi connectivity index (χ3n) is 4.39. The van der Waals surface area contributed by atoms with Crippen LogP contribution in [0.5, 0.6) is 5.75 Å². The normalized spacial score (nSPS) is 20.8. The van der Waals surface area contributed by atoms with E-state index in [2.05, 4.69) is 60.8 Å². The van der Waals surface area contributed by atoms with E-state index in [1.807, 2.05) is 0 Å². The highest BCUT2D eigenvalue weighted by Crippen LogP contribution is 2.49. The van der Waals surface area contributed by atoms with E-state index in [0.29, 0.717) is 0 Å². The number of hydrogen-bond donors (Lipinski definition) is 0. The van der Waals surface area contributed by atoms with Gasteiger partial charge in [-0.3, -0.25) is 0 Å². The molecule has 2 aliphatic rings. The maximum atomic E-state index is 6.37. The molecule has 1 heterocycles. The van der Waals surface area contributed by atoms with Crippen molar-refractivity contribution < 1.29 is 4.74 Å². The van der Waals surface area contributed by atoms with E-state index >= 15 is 0 Å². The van der Waals surface area contributed by atoms with Gasteiger partial charge in [-0.25, -0.2) is 0 Å². The van der Waals surface area contributed by atoms with E-state index in [1.54, 1.807) is 0 Å². The molecule has 1 saturated carbocycles. The lowest BCUT2D eigenvalue weighted by Crippen LogP contribution is -2.54. The summed E-state index contributed by atoms with van der Waals surface area (Å²) in [7, 11) is 2.17. The zero-order valence-electron chi connectivity index (χ0n) is 12.2. The zero-order chi connectivity index (χ0) is 13.8. The summed E-state index contributed by atoms with van der Waals surface area (Å²) >= 11 is 3.72. The minimum atomic E-state index is 0.0810. The number of hydrogen-bond acceptors (Lipinski definition) is 2. The standard InChI is InChI=1S/C16H22BrNO/c1-15(2,3)11-8-12(17)14-13(9-11)19-16(6-5-7-16)10-18(14)4/h8-9H,5-7,10H2,1-4H3. The fourth-order valence-corrected chi connectivity index (χ4v) is 3.81. The molecule has 1 aliphatic carbocycles. The quantitative estimate of drug-likeness (QED) is 0.697. The van der Waals surface area contributed by atoms with Crippen molar-refractivity contribution in [3.63, 3.8) is 0 Å². The molecule has 1 aromatic rings. The molecule has 2 nitrogen and oxygen atoms in total. The summed E-state index contributed by atoms with van der Waals surface area (Å²) in [6, 6.07) is 4.47. The minimum Gasteiger partial charge on any atom is -0.483 e. The Hall–Kier alpha value is -0.700. The molecule has 0 N–H and O–H groups in total. The summed E-state index contributed by atoms with van der Waals surface area (Å²) < 4.78 is 7.52. The Morgan fingerprint density at radius 3 is 2.47 bits per heavy atom. The molecule has 1 fully saturated rings. The summed E-state index contributed by atoms with van der Waals surface area (Å²) in [5.74, 6) is 1.05. The second-order valence-electron chi connectivity index (χ2n) is 7.05. The number of fused-ring (bicyclic) bond motifs is 1. The third-order valence-corrected chi connectivity index (χ3v) is 5.00. The molecule has 19 heavy (non-hydrogen) atoms. The molecule has 104 valence electrons. The van der Waals surface area contributed by atoms with Gasteiger partial charge in [0.15, 0.2) is 0 Å². The smallest absolute Gasteiger partial charge is 0.145 e. The molecule has 0 radical (unpaired) electrons. The number of ether oxygens (including phenoxy) is 1. The van der Waals surface area contributed by atoms with Gasteiger partial charge in [0.2, 0.25) is 0 Å². The Bertz CT molecular complexity index is 514. The first kappa shape index (κ1) is 13.3. The predicted molar refractivity (Wildman–Crippen MR) is 83.3 cm³/mol. The summed E-state index contributed by atoms with van der Waals surface area (Å²) in [6.07, 6.45) is 3.67. The van der Waals surface area contributed by atoms with Crippen LogP contribution in [0.1, 0.15) is 45.6 Å². The van der Waals surface area contributed by atoms with Crippen molar-refractivity contribution in [3.8, 4) is 5.75 Å². The van der Waals surface area contributed by atoms with Crippen molar-refractivity contribution in [2.24, 2.45) is 0 Å². The Kier molecular flexibility index (Phi) is 2.90. The lowest BCUT2D eigenvalue weighted by molar-refractivity contribution is -0.00658. The van der Waals surface area contributed by atoms with Crippen LogP contribution < -0.4 is 9.64 Å². The lowest BCUT2D eigenvalue weighted by atomic mass is 9.78. The molecule has 1 aromatic carbocycles. The Labute approximate surface area is 124 Å². The molecule has 1 spiro atoms. The van der Waals surface area contributed by atoms with Gasteiger partial charge in [0, 0.05) is 11.5 Å². The fraction of sp³-hybridized carbons (Fsp3) is 0.625. The number of benzene rings is 1. The largest absolute Gasteiger partial charge is 0.483 e. The number of nitrogens with zero attached hydrogens (tertiary/aromatic N) is 1. The van der Waals surface area contributed by atoms with Gasteiger partial charge in [-0.05, 0) is 58.3 Å². The monoisotopic (exact) mass is 323 g/mol. The molecule has 0 aromatic heterocycles. The maximum Gasteiger partial charge on any atom is 0.145 e. The zero-order valence-corrected chi connectivity index (χ0v) is 13.8. The van der Waals surface area contributed by atoms with Crippen molar-refractivity contribution in [2.45, 2.75) is 51.0 Å². The topological polar surface area (TPSA) is 12.5 Å². The molecular weight excluding hydrogens is 302 g/mol. The van der Waals surface area contributed by atoms with Crippen molar-refractivity contribution in [1.82, 2.24) is 0 Å². The molecule has 0 bridgehead atoms. The van der Waals surface area contributed by atoms with E-state index in [-0.39, 0.29) is 11.0 Å². The van der Waals surface area contributed by atoms with Crippen LogP contribution in [-0.4, -0.2) is 19.2 Å². The van der Waals surface area contributed by atoms with E-state index in [4.69, 9.17) is 4.74 Å². The van der Waals surface area contributed by atoms with Gasteiger partial charge >= 0.3 is 0 Å². The highest BCUT2D eigenvalue weighted by molar-refractivity contribution is 9.10. The summed E-state index contributed by atoms with van der Waals surface area (Å²) in [4.78, 5) is 2.34. The average Bonchev–Trinajstić information content (AvgIpc) is 2.24. The van der Waals surface area contributed by atoms with Gasteiger partial charge in [-0.15, -0.1) is 0 Å². The fourth-order valence-electron chi connectivity index (χ4n) is 3.06. The summed E-state index contributed by atoms with van der Waals surface area (Å²) in [5.41, 5.74) is 2.75. The molecule has 3 rings (SSSR count). The molecular formula is C16H22BrNO. The lowest BCUT2D eigenvalue weighted by Gasteiger charge is -2.49. The first-order chi connectivity index (χ1) is 8.81. The van der Waals surface area contributed by atoms with E-state index in [9.17, 15) is 0 Å². The molecule has 0 amide bonds. The van der Waals surface area contributed by atoms with Crippen LogP contribution in [0.2, 0.25) is 0 Å². The van der Waals surface area contributed by atoms with Crippen LogP contribution in [0.25, 0.3) is 0 Å². The average molecular weight is 324 g/mol. The van der Waals surface area contributed by atoms with Crippen LogP contribution in [0.3, 0.4) is 0 Å². The summed E-state index contributed by atoms with van der Waals surface area (Å²) in [6.45, 7) is 7.74. The van der Waals surface area contributed by atoms with Crippen LogP contribution >= 0.6 is 15.9 Å². The van der Waals surface area contributed by atoms with Crippen molar-refractivity contribution >= 4 is 21.6 Å². The Morgan fingerprint density at radius 1 is 1.26 bits per heavy atom. The van der Waals surface area contributed by atoms with Crippen molar-refractivity contribution in [1.29, 1.82) is 0 Å². The second-order valence-corrected chi connectivity index (χ2v) is 7.90. The van der Waals surface area contributed by atoms with Crippen molar-refractivity contribution in [2.75, 3.05) is 18.5 Å². The van der Waals surface area contributed by atoms with Crippen LogP contribution in [0.15, 0.2) is 16.6 Å². The highest BCUT2D eigenvalue weighted by atomic mass is 79.9. The molecule has 0 atom stereocenters. The summed E-state index contributed by atoms with van der Waals surface area (Å²) in [5, 5.41) is 0. The van der Waals surface area contributed by atoms with Crippen molar-refractivity contribution in [3.05, 3.63) is 22.2 Å². The van der Waals surface area contributed by atoms with Gasteiger partial charge in [0.05, 0.1) is 12.2 Å². The number of halogens is 1. The maximum absolute atomic E-state index is 6.37. The van der Waals surface area contributed by atoms with Gasteiger partial charge in [-0.2, -0.15) is 0 Å². The third kappa shape index (κ3) is 2.16.